The van der Waals surface area contributed by atoms with E-state index in [0.29, 0.717) is 22.8 Å². The van der Waals surface area contributed by atoms with Crippen LogP contribution in [0.2, 0.25) is 5.02 Å². The number of nitrogens with zero attached hydrogens (tertiary/aromatic N) is 1. The van der Waals surface area contributed by atoms with Crippen molar-refractivity contribution in [3.63, 3.8) is 0 Å². The first kappa shape index (κ1) is 13.3. The van der Waals surface area contributed by atoms with Crippen molar-refractivity contribution in [3.8, 4) is 6.07 Å². The summed E-state index contributed by atoms with van der Waals surface area (Å²) in [6.45, 7) is 0.327. The van der Waals surface area contributed by atoms with Crippen LogP contribution in [0, 0.1) is 23.0 Å². The number of anilines is 1. The Morgan fingerprint density at radius 3 is 2.63 bits per heavy atom. The highest BCUT2D eigenvalue weighted by Crippen LogP contribution is 2.17. The van der Waals surface area contributed by atoms with E-state index in [-0.39, 0.29) is 5.56 Å². The Balaban J connectivity index is 2.12. The lowest BCUT2D eigenvalue weighted by molar-refractivity contribution is 0.624. The third-order valence-electron chi connectivity index (χ3n) is 2.51. The molecule has 1 N–H and O–H groups in total. The highest BCUT2D eigenvalue weighted by atomic mass is 35.5. The molecule has 2 aromatic rings. The fourth-order valence-corrected chi connectivity index (χ4v) is 1.88. The van der Waals surface area contributed by atoms with Crippen LogP contribution in [-0.4, -0.2) is 0 Å². The number of hydrogen-bond donors (Lipinski definition) is 1. The third-order valence-corrected chi connectivity index (χ3v) is 2.72. The lowest BCUT2D eigenvalue weighted by Gasteiger charge is -2.07. The molecule has 0 atom stereocenters. The smallest absolute Gasteiger partial charge is 0.141 e. The fraction of sp³-hybridized carbons (Fsp3) is 0.0714. The normalized spacial score (nSPS) is 10.0. The van der Waals surface area contributed by atoms with Crippen LogP contribution in [0.3, 0.4) is 0 Å². The van der Waals surface area contributed by atoms with Gasteiger partial charge in [0.05, 0.1) is 5.56 Å². The first-order valence-electron chi connectivity index (χ1n) is 5.47. The fourth-order valence-electron chi connectivity index (χ4n) is 1.64. The predicted molar refractivity (Wildman–Crippen MR) is 69.9 cm³/mol. The Kier molecular flexibility index (Phi) is 3.98. The highest BCUT2D eigenvalue weighted by molar-refractivity contribution is 6.30. The van der Waals surface area contributed by atoms with E-state index in [1.807, 2.05) is 0 Å². The van der Waals surface area contributed by atoms with Crippen LogP contribution in [0.5, 0.6) is 0 Å². The quantitative estimate of drug-likeness (QED) is 0.917. The second-order valence-corrected chi connectivity index (χ2v) is 4.37. The van der Waals surface area contributed by atoms with E-state index in [4.69, 9.17) is 16.9 Å². The van der Waals surface area contributed by atoms with Crippen molar-refractivity contribution in [2.24, 2.45) is 0 Å². The lowest BCUT2D eigenvalue weighted by atomic mass is 10.2. The van der Waals surface area contributed by atoms with E-state index in [9.17, 15) is 8.78 Å². The molecule has 0 spiro atoms. The molecule has 0 heterocycles. The molecule has 96 valence electrons. The van der Waals surface area contributed by atoms with Crippen molar-refractivity contribution >= 4 is 17.3 Å². The summed E-state index contributed by atoms with van der Waals surface area (Å²) in [4.78, 5) is 0. The minimum absolute atomic E-state index is 0.0396. The maximum Gasteiger partial charge on any atom is 0.141 e. The summed E-state index contributed by atoms with van der Waals surface area (Å²) in [5.41, 5.74) is 1.20. The zero-order chi connectivity index (χ0) is 13.8. The van der Waals surface area contributed by atoms with Crippen LogP contribution >= 0.6 is 11.6 Å². The Labute approximate surface area is 114 Å². The van der Waals surface area contributed by atoms with Gasteiger partial charge in [0.1, 0.15) is 17.7 Å². The molecular formula is C14H9ClF2N2. The van der Waals surface area contributed by atoms with E-state index in [1.165, 1.54) is 30.3 Å². The van der Waals surface area contributed by atoms with Gasteiger partial charge in [-0.2, -0.15) is 5.26 Å². The Hall–Kier alpha value is -2.12. The zero-order valence-electron chi connectivity index (χ0n) is 9.75. The molecule has 0 fully saturated rings. The van der Waals surface area contributed by atoms with Crippen molar-refractivity contribution in [3.05, 3.63) is 64.2 Å². The van der Waals surface area contributed by atoms with Gasteiger partial charge < -0.3 is 5.32 Å². The molecule has 0 aromatic heterocycles. The SMILES string of the molecule is N#Cc1cc(NCc2cc(F)cc(Cl)c2)ccc1F. The van der Waals surface area contributed by atoms with Gasteiger partial charge in [0.2, 0.25) is 0 Å². The number of hydrogen-bond acceptors (Lipinski definition) is 2. The second-order valence-electron chi connectivity index (χ2n) is 3.94. The van der Waals surface area contributed by atoms with E-state index in [1.54, 1.807) is 12.1 Å². The molecule has 0 aliphatic rings. The van der Waals surface area contributed by atoms with Crippen LogP contribution in [0.4, 0.5) is 14.5 Å². The molecule has 0 amide bonds. The molecular weight excluding hydrogens is 270 g/mol. The van der Waals surface area contributed by atoms with Crippen LogP contribution in [-0.2, 0) is 6.54 Å². The molecule has 2 rings (SSSR count). The standard InChI is InChI=1S/C14H9ClF2N2/c15-11-3-9(4-12(16)6-11)8-19-13-1-2-14(17)10(5-13)7-18/h1-6,19H,8H2. The molecule has 0 bridgehead atoms. The van der Waals surface area contributed by atoms with Gasteiger partial charge in [-0.1, -0.05) is 11.6 Å². The van der Waals surface area contributed by atoms with Crippen LogP contribution in [0.1, 0.15) is 11.1 Å². The van der Waals surface area contributed by atoms with E-state index in [0.717, 1.165) is 0 Å². The van der Waals surface area contributed by atoms with Gasteiger partial charge in [-0.3, -0.25) is 0 Å². The minimum Gasteiger partial charge on any atom is -0.381 e. The van der Waals surface area contributed by atoms with E-state index < -0.39 is 11.6 Å². The molecule has 0 aliphatic carbocycles. The maximum atomic E-state index is 13.1. The Morgan fingerprint density at radius 2 is 1.95 bits per heavy atom. The van der Waals surface area contributed by atoms with Gasteiger partial charge in [-0.25, -0.2) is 8.78 Å². The molecule has 2 nitrogen and oxygen atoms in total. The van der Waals surface area contributed by atoms with Crippen molar-refractivity contribution in [2.45, 2.75) is 6.54 Å². The van der Waals surface area contributed by atoms with E-state index >= 15 is 0 Å². The minimum atomic E-state index is -0.568. The topological polar surface area (TPSA) is 35.8 Å². The highest BCUT2D eigenvalue weighted by Gasteiger charge is 2.03. The molecule has 0 saturated heterocycles. The number of nitriles is 1. The number of benzene rings is 2. The van der Waals surface area contributed by atoms with Gasteiger partial charge in [-0.05, 0) is 42.0 Å². The van der Waals surface area contributed by atoms with Crippen LogP contribution < -0.4 is 5.32 Å². The first-order chi connectivity index (χ1) is 9.08. The van der Waals surface area contributed by atoms with Crippen molar-refractivity contribution < 1.29 is 8.78 Å². The molecule has 0 radical (unpaired) electrons. The summed E-state index contributed by atoms with van der Waals surface area (Å²) in [6, 6.07) is 10.1. The largest absolute Gasteiger partial charge is 0.381 e. The molecule has 0 saturated carbocycles. The summed E-state index contributed by atoms with van der Waals surface area (Å²) in [5.74, 6) is -0.983. The molecule has 19 heavy (non-hydrogen) atoms. The van der Waals surface area contributed by atoms with Gasteiger partial charge in [0, 0.05) is 17.3 Å². The monoisotopic (exact) mass is 278 g/mol. The average molecular weight is 279 g/mol. The van der Waals surface area contributed by atoms with Crippen LogP contribution in [0.15, 0.2) is 36.4 Å². The number of halogens is 3. The molecule has 0 aliphatic heterocycles. The van der Waals surface area contributed by atoms with Crippen molar-refractivity contribution in [2.75, 3.05) is 5.32 Å². The van der Waals surface area contributed by atoms with Crippen molar-refractivity contribution in [1.29, 1.82) is 5.26 Å². The third kappa shape index (κ3) is 3.43. The summed E-state index contributed by atoms with van der Waals surface area (Å²) >= 11 is 5.74. The van der Waals surface area contributed by atoms with Crippen molar-refractivity contribution in [1.82, 2.24) is 0 Å². The average Bonchev–Trinajstić information content (AvgIpc) is 2.36. The van der Waals surface area contributed by atoms with Crippen LogP contribution in [0.25, 0.3) is 0 Å². The predicted octanol–water partition coefficient (Wildman–Crippen LogP) is 4.10. The first-order valence-corrected chi connectivity index (χ1v) is 5.85. The van der Waals surface area contributed by atoms with Gasteiger partial charge in [-0.15, -0.1) is 0 Å². The summed E-state index contributed by atoms with van der Waals surface area (Å²) < 4.78 is 26.2. The summed E-state index contributed by atoms with van der Waals surface area (Å²) in [6.07, 6.45) is 0. The van der Waals surface area contributed by atoms with Gasteiger partial charge in [0.25, 0.3) is 0 Å². The van der Waals surface area contributed by atoms with Gasteiger partial charge in [0.15, 0.2) is 0 Å². The number of nitrogens with one attached hydrogen (secondary N) is 1. The molecule has 0 unspecified atom stereocenters. The number of rotatable bonds is 3. The van der Waals surface area contributed by atoms with E-state index in [2.05, 4.69) is 5.32 Å². The Morgan fingerprint density at radius 1 is 1.16 bits per heavy atom. The second kappa shape index (κ2) is 5.68. The van der Waals surface area contributed by atoms with Gasteiger partial charge >= 0.3 is 0 Å². The Bertz CT molecular complexity index is 630. The summed E-state index contributed by atoms with van der Waals surface area (Å²) in [7, 11) is 0. The maximum absolute atomic E-state index is 13.1. The lowest BCUT2D eigenvalue weighted by Crippen LogP contribution is -2.00. The zero-order valence-corrected chi connectivity index (χ0v) is 10.5. The molecule has 2 aromatic carbocycles. The summed E-state index contributed by atoms with van der Waals surface area (Å²) in [5, 5.41) is 12.0. The molecule has 5 heteroatoms.